The van der Waals surface area contributed by atoms with Gasteiger partial charge in [0.05, 0.1) is 5.69 Å². The first-order valence-corrected chi connectivity index (χ1v) is 15.1. The van der Waals surface area contributed by atoms with Crippen LogP contribution in [0.2, 0.25) is 0 Å². The van der Waals surface area contributed by atoms with Crippen molar-refractivity contribution >= 4 is 11.8 Å². The average molecular weight is 561 g/mol. The van der Waals surface area contributed by atoms with Crippen molar-refractivity contribution in [2.24, 2.45) is 17.6 Å². The van der Waals surface area contributed by atoms with Gasteiger partial charge in [0, 0.05) is 49.0 Å². The second kappa shape index (κ2) is 16.1. The Morgan fingerprint density at radius 1 is 0.951 bits per heavy atom. The molecule has 0 aliphatic heterocycles. The van der Waals surface area contributed by atoms with E-state index in [4.69, 9.17) is 5.73 Å². The lowest BCUT2D eigenvalue weighted by atomic mass is 9.92. The van der Waals surface area contributed by atoms with E-state index < -0.39 is 0 Å². The van der Waals surface area contributed by atoms with Crippen LogP contribution in [0.3, 0.4) is 0 Å². The number of amides is 2. The molecule has 0 radical (unpaired) electrons. The first-order chi connectivity index (χ1) is 19.7. The summed E-state index contributed by atoms with van der Waals surface area (Å²) >= 11 is 0. The normalized spacial score (nSPS) is 13.5. The molecule has 1 aromatic heterocycles. The van der Waals surface area contributed by atoms with Crippen LogP contribution in [-0.2, 0) is 19.4 Å². The highest BCUT2D eigenvalue weighted by molar-refractivity contribution is 5.99. The Bertz CT molecular complexity index is 1220. The van der Waals surface area contributed by atoms with E-state index in [-0.39, 0.29) is 29.8 Å². The van der Waals surface area contributed by atoms with Gasteiger partial charge in [0.1, 0.15) is 0 Å². The van der Waals surface area contributed by atoms with Crippen molar-refractivity contribution < 1.29 is 9.59 Å². The minimum Gasteiger partial charge on any atom is -0.347 e. The topological polar surface area (TPSA) is 106 Å². The molecule has 8 nitrogen and oxygen atoms in total. The monoisotopic (exact) mass is 560 g/mol. The Kier molecular flexibility index (Phi) is 12.5. The van der Waals surface area contributed by atoms with Gasteiger partial charge in [-0.3, -0.25) is 14.3 Å². The quantitative estimate of drug-likeness (QED) is 0.253. The van der Waals surface area contributed by atoms with Gasteiger partial charge in [-0.1, -0.05) is 76.2 Å². The van der Waals surface area contributed by atoms with E-state index in [0.717, 1.165) is 30.5 Å². The fourth-order valence-corrected chi connectivity index (χ4v) is 5.22. The van der Waals surface area contributed by atoms with Crippen LogP contribution in [0.4, 0.5) is 0 Å². The van der Waals surface area contributed by atoms with Gasteiger partial charge in [-0.15, -0.1) is 5.10 Å². The predicted octanol–water partition coefficient (Wildman–Crippen LogP) is 5.13. The number of rotatable bonds is 16. The van der Waals surface area contributed by atoms with Gasteiger partial charge in [-0.25, -0.2) is 0 Å². The Morgan fingerprint density at radius 3 is 2.29 bits per heavy atom. The molecule has 0 saturated carbocycles. The largest absolute Gasteiger partial charge is 0.347 e. The molecule has 0 aliphatic carbocycles. The molecular weight excluding hydrogens is 512 g/mol. The van der Waals surface area contributed by atoms with Gasteiger partial charge >= 0.3 is 0 Å². The summed E-state index contributed by atoms with van der Waals surface area (Å²) in [5.41, 5.74) is 9.88. The van der Waals surface area contributed by atoms with Crippen LogP contribution < -0.4 is 11.1 Å². The lowest BCUT2D eigenvalue weighted by molar-refractivity contribution is 0.0755. The van der Waals surface area contributed by atoms with Crippen LogP contribution in [0.15, 0.2) is 60.8 Å². The molecule has 3 N–H and O–H groups in total. The highest BCUT2D eigenvalue weighted by Gasteiger charge is 2.24. The van der Waals surface area contributed by atoms with Crippen molar-refractivity contribution in [2.75, 3.05) is 13.1 Å². The summed E-state index contributed by atoms with van der Waals surface area (Å²) in [4.78, 5) is 28.5. The molecular formula is C33H48N6O2. The van der Waals surface area contributed by atoms with E-state index in [1.54, 1.807) is 24.3 Å². The SMILES string of the molecule is CCCN(CCC)C(=O)c1cccc(C(=O)N[C@@H](Cc2ccccc2)[C@@H](N)C[C@@H](C)Cn2cc(CC(C)C)nn2)c1. The molecule has 3 rings (SSSR count). The molecule has 0 unspecified atom stereocenters. The van der Waals surface area contributed by atoms with Crippen LogP contribution in [-0.4, -0.2) is 56.9 Å². The van der Waals surface area contributed by atoms with Crippen molar-refractivity contribution in [3.8, 4) is 0 Å². The molecule has 0 saturated heterocycles. The smallest absolute Gasteiger partial charge is 0.253 e. The number of carbonyl (C=O) groups excluding carboxylic acids is 2. The number of nitrogens with two attached hydrogens (primary N) is 1. The highest BCUT2D eigenvalue weighted by Crippen LogP contribution is 2.16. The number of carbonyl (C=O) groups is 2. The lowest BCUT2D eigenvalue weighted by Gasteiger charge is -2.28. The highest BCUT2D eigenvalue weighted by atomic mass is 16.2. The zero-order valence-corrected chi connectivity index (χ0v) is 25.4. The van der Waals surface area contributed by atoms with Crippen LogP contribution >= 0.6 is 0 Å². The summed E-state index contributed by atoms with van der Waals surface area (Å²) in [5, 5.41) is 11.8. The summed E-state index contributed by atoms with van der Waals surface area (Å²) < 4.78 is 1.89. The molecule has 0 spiro atoms. The molecule has 0 aliphatic rings. The van der Waals surface area contributed by atoms with E-state index in [0.29, 0.717) is 49.5 Å². The van der Waals surface area contributed by atoms with Crippen molar-refractivity contribution in [1.29, 1.82) is 0 Å². The first-order valence-electron chi connectivity index (χ1n) is 15.1. The van der Waals surface area contributed by atoms with E-state index in [1.807, 2.05) is 34.0 Å². The minimum absolute atomic E-state index is 0.0422. The maximum Gasteiger partial charge on any atom is 0.253 e. The van der Waals surface area contributed by atoms with Gasteiger partial charge in [0.15, 0.2) is 0 Å². The predicted molar refractivity (Wildman–Crippen MR) is 165 cm³/mol. The van der Waals surface area contributed by atoms with Gasteiger partial charge < -0.3 is 16.0 Å². The Morgan fingerprint density at radius 2 is 1.63 bits per heavy atom. The number of hydrogen-bond donors (Lipinski definition) is 2. The van der Waals surface area contributed by atoms with Gasteiger partial charge in [0.2, 0.25) is 0 Å². The van der Waals surface area contributed by atoms with E-state index >= 15 is 0 Å². The van der Waals surface area contributed by atoms with Crippen LogP contribution in [0.25, 0.3) is 0 Å². The second-order valence-electron chi connectivity index (χ2n) is 11.7. The van der Waals surface area contributed by atoms with E-state index in [1.165, 1.54) is 0 Å². The molecule has 8 heteroatoms. The Hall–Kier alpha value is -3.52. The van der Waals surface area contributed by atoms with Crippen LogP contribution in [0, 0.1) is 11.8 Å². The number of nitrogens with one attached hydrogen (secondary N) is 1. The van der Waals surface area contributed by atoms with Crippen LogP contribution in [0.5, 0.6) is 0 Å². The number of nitrogens with zero attached hydrogens (tertiary/aromatic N) is 4. The molecule has 2 aromatic carbocycles. The standard InChI is InChI=1S/C33H48N6O2/c1-6-16-38(17-7-2)33(41)28-15-11-14-27(21-28)32(40)35-31(20-26-12-9-8-10-13-26)30(34)19-25(5)22-39-23-29(36-37-39)18-24(3)4/h8-15,21,23-25,30-31H,6-7,16-20,22,34H2,1-5H3,(H,35,40)/t25-,30+,31+/m1/s1. The second-order valence-corrected chi connectivity index (χ2v) is 11.7. The minimum atomic E-state index is -0.282. The third kappa shape index (κ3) is 10.1. The summed E-state index contributed by atoms with van der Waals surface area (Å²) in [6.07, 6.45) is 6.02. The zero-order valence-electron chi connectivity index (χ0n) is 25.4. The molecule has 3 aromatic rings. The first kappa shape index (κ1) is 32.0. The van der Waals surface area contributed by atoms with Gasteiger partial charge in [0.25, 0.3) is 11.8 Å². The van der Waals surface area contributed by atoms with E-state index in [2.05, 4.69) is 62.4 Å². The lowest BCUT2D eigenvalue weighted by Crippen LogP contribution is -2.49. The summed E-state index contributed by atoms with van der Waals surface area (Å²) in [7, 11) is 0. The summed E-state index contributed by atoms with van der Waals surface area (Å²) in [6, 6.07) is 16.5. The molecule has 0 fully saturated rings. The maximum atomic E-state index is 13.5. The molecule has 2 amide bonds. The average Bonchev–Trinajstić information content (AvgIpc) is 3.38. The summed E-state index contributed by atoms with van der Waals surface area (Å²) in [6.45, 7) is 12.7. The van der Waals surface area contributed by atoms with Crippen molar-refractivity contribution in [3.05, 3.63) is 83.2 Å². The fraction of sp³-hybridized carbons (Fsp3) is 0.515. The molecule has 222 valence electrons. The molecule has 41 heavy (non-hydrogen) atoms. The maximum absolute atomic E-state index is 13.5. The van der Waals surface area contributed by atoms with Gasteiger partial charge in [-0.05, 0) is 67.7 Å². The Balaban J connectivity index is 1.72. The van der Waals surface area contributed by atoms with Crippen LogP contribution in [0.1, 0.15) is 85.9 Å². The number of hydrogen-bond acceptors (Lipinski definition) is 5. The van der Waals surface area contributed by atoms with Crippen molar-refractivity contribution in [1.82, 2.24) is 25.2 Å². The fourth-order valence-electron chi connectivity index (χ4n) is 5.22. The number of benzene rings is 2. The Labute approximate surface area is 245 Å². The van der Waals surface area contributed by atoms with Gasteiger partial charge in [-0.2, -0.15) is 0 Å². The molecule has 3 atom stereocenters. The number of aromatic nitrogens is 3. The third-order valence-corrected chi connectivity index (χ3v) is 7.15. The molecule has 1 heterocycles. The van der Waals surface area contributed by atoms with Crippen molar-refractivity contribution in [2.45, 2.75) is 85.4 Å². The summed E-state index contributed by atoms with van der Waals surface area (Å²) in [5.74, 6) is 0.492. The third-order valence-electron chi connectivity index (χ3n) is 7.15. The zero-order chi connectivity index (χ0) is 29.8. The van der Waals surface area contributed by atoms with E-state index in [9.17, 15) is 9.59 Å². The van der Waals surface area contributed by atoms with Crippen molar-refractivity contribution in [3.63, 3.8) is 0 Å². The molecule has 0 bridgehead atoms.